The molecule has 0 aromatic heterocycles. The van der Waals surface area contributed by atoms with Crippen molar-refractivity contribution in [1.29, 1.82) is 0 Å². The minimum Gasteiger partial charge on any atom is -0.299 e. The molecule has 4 aliphatic carbocycles. The van der Waals surface area contributed by atoms with E-state index in [-0.39, 0.29) is 22.5 Å². The van der Waals surface area contributed by atoms with Crippen LogP contribution >= 0.6 is 0 Å². The van der Waals surface area contributed by atoms with Crippen molar-refractivity contribution in [1.82, 2.24) is 0 Å². The van der Waals surface area contributed by atoms with E-state index in [0.717, 1.165) is 24.0 Å². The molecule has 4 aromatic carbocycles. The summed E-state index contributed by atoms with van der Waals surface area (Å²) in [5, 5.41) is 0. The van der Waals surface area contributed by atoms with Crippen LogP contribution < -0.4 is 0 Å². The van der Waals surface area contributed by atoms with Gasteiger partial charge >= 0.3 is 0 Å². The van der Waals surface area contributed by atoms with Crippen molar-refractivity contribution in [2.45, 2.75) is 121 Å². The highest BCUT2D eigenvalue weighted by Crippen LogP contribution is 2.55. The van der Waals surface area contributed by atoms with Crippen LogP contribution in [0.2, 0.25) is 0 Å². The summed E-state index contributed by atoms with van der Waals surface area (Å²) in [6, 6.07) is 33.8. The number of carbonyl (C=O) groups excluding carboxylic acids is 2. The number of fused-ring (bicyclic) bond motifs is 9. The molecule has 2 atom stereocenters. The molecule has 2 unspecified atom stereocenters. The lowest BCUT2D eigenvalue weighted by molar-refractivity contribution is -0.122. The molecule has 0 heterocycles. The van der Waals surface area contributed by atoms with Crippen molar-refractivity contribution in [2.75, 3.05) is 0 Å². The molecule has 2 nitrogen and oxygen atoms in total. The summed E-state index contributed by atoms with van der Waals surface area (Å²) in [6.07, 6.45) is 3.15. The maximum absolute atomic E-state index is 12.8. The molecule has 266 valence electrons. The van der Waals surface area contributed by atoms with Crippen molar-refractivity contribution in [3.63, 3.8) is 0 Å². The second-order valence-corrected chi connectivity index (χ2v) is 13.9. The molecule has 4 aliphatic rings. The lowest BCUT2D eigenvalue weighted by atomic mass is 9.55. The second-order valence-electron chi connectivity index (χ2n) is 13.9. The minimum absolute atomic E-state index is 0.00410. The van der Waals surface area contributed by atoms with Crippen LogP contribution in [0.25, 0.3) is 11.1 Å². The van der Waals surface area contributed by atoms with E-state index in [9.17, 15) is 9.59 Å². The number of hydrogen-bond acceptors (Lipinski definition) is 2. The Kier molecular flexibility index (Phi) is 14.3. The third-order valence-corrected chi connectivity index (χ3v) is 10.1. The molecule has 0 spiro atoms. The van der Waals surface area contributed by atoms with Crippen LogP contribution in [-0.4, -0.2) is 11.6 Å². The van der Waals surface area contributed by atoms with Crippen LogP contribution in [-0.2, 0) is 35.3 Å². The Hall–Kier alpha value is -4.04. The normalized spacial score (nSPS) is 19.2. The van der Waals surface area contributed by atoms with Gasteiger partial charge in [-0.3, -0.25) is 9.59 Å². The third-order valence-electron chi connectivity index (χ3n) is 10.1. The molecule has 0 saturated heterocycles. The zero-order valence-corrected chi connectivity index (χ0v) is 33.0. The first-order chi connectivity index (χ1) is 24.2. The van der Waals surface area contributed by atoms with Crippen LogP contribution in [0.3, 0.4) is 0 Å². The summed E-state index contributed by atoms with van der Waals surface area (Å²) in [4.78, 5) is 25.6. The van der Waals surface area contributed by atoms with Crippen molar-refractivity contribution >= 4 is 22.7 Å². The maximum Gasteiger partial charge on any atom is 0.168 e. The number of ketones is 2. The predicted octanol–water partition coefficient (Wildman–Crippen LogP) is 12.7. The Balaban J connectivity index is 0.000000226. The Labute approximate surface area is 304 Å². The van der Waals surface area contributed by atoms with Crippen LogP contribution in [0.1, 0.15) is 139 Å². The highest BCUT2D eigenvalue weighted by atomic mass is 16.1. The first-order valence-corrected chi connectivity index (χ1v) is 19.3. The average Bonchev–Trinajstić information content (AvgIpc) is 3.14. The summed E-state index contributed by atoms with van der Waals surface area (Å²) in [6.45, 7) is 25.1. The molecule has 0 fully saturated rings. The molecule has 0 aliphatic heterocycles. The fraction of sp³-hybridized carbons (Fsp3) is 0.417. The number of benzene rings is 4. The first kappa shape index (κ1) is 40.4. The minimum atomic E-state index is -0.00410. The number of Topliss-reactive ketones (excluding diaryl/α,β-unsaturated/α-hetero) is 2. The lowest BCUT2D eigenvalue weighted by Crippen LogP contribution is -2.41. The third kappa shape index (κ3) is 7.80. The maximum atomic E-state index is 12.8. The van der Waals surface area contributed by atoms with Crippen LogP contribution in [0.15, 0.2) is 97.1 Å². The van der Waals surface area contributed by atoms with E-state index in [0.29, 0.717) is 24.5 Å². The quantitative estimate of drug-likeness (QED) is 0.187. The smallest absolute Gasteiger partial charge is 0.168 e. The summed E-state index contributed by atoms with van der Waals surface area (Å²) in [5.74, 6) is 1.01. The highest BCUT2D eigenvalue weighted by Gasteiger charge is 2.48. The molecule has 0 bridgehead atoms. The fourth-order valence-corrected chi connectivity index (χ4v) is 8.41. The highest BCUT2D eigenvalue weighted by molar-refractivity contribution is 6.31. The predicted molar refractivity (Wildman–Crippen MR) is 216 cm³/mol. The van der Waals surface area contributed by atoms with Gasteiger partial charge < -0.3 is 0 Å². The van der Waals surface area contributed by atoms with Crippen LogP contribution in [0.5, 0.6) is 0 Å². The van der Waals surface area contributed by atoms with Gasteiger partial charge in [0.25, 0.3) is 0 Å². The Morgan fingerprint density at radius 3 is 1.60 bits per heavy atom. The number of carbonyl (C=O) groups is 2. The summed E-state index contributed by atoms with van der Waals surface area (Å²) in [5.41, 5.74) is 12.4. The van der Waals surface area contributed by atoms with E-state index in [1.54, 1.807) is 0 Å². The van der Waals surface area contributed by atoms with E-state index in [2.05, 4.69) is 113 Å². The van der Waals surface area contributed by atoms with Gasteiger partial charge in [-0.2, -0.15) is 0 Å². The SMILES string of the molecule is CC.CC.CC.CC.CC1(C)Cc2ccccc2C2=C1c1ccccc1CC2=O.CC1(C)Cc2ccccc2C2C(=O)Cc3ccccc3C21. The first-order valence-electron chi connectivity index (χ1n) is 19.3. The Morgan fingerprint density at radius 1 is 0.500 bits per heavy atom. The number of rotatable bonds is 0. The summed E-state index contributed by atoms with van der Waals surface area (Å²) in [7, 11) is 0. The Bertz CT molecular complexity index is 1780. The van der Waals surface area contributed by atoms with E-state index >= 15 is 0 Å². The standard InChI is InChI=1S/C20H20O.C20H18O.4C2H6/c2*1-20(2)12-14-8-4-5-9-15(14)18-17(21)11-13-7-3-6-10-16(13)19(18)20;4*1-2/h3-10,18-19H,11-12H2,1-2H3;3-10H,11-12H2,1-2H3;4*1-2H3. The largest absolute Gasteiger partial charge is 0.299 e. The molecule has 8 rings (SSSR count). The molecule has 0 radical (unpaired) electrons. The zero-order valence-electron chi connectivity index (χ0n) is 33.0. The van der Waals surface area contributed by atoms with Gasteiger partial charge in [0.1, 0.15) is 5.78 Å². The molecule has 2 heteroatoms. The number of hydrogen-bond donors (Lipinski definition) is 0. The van der Waals surface area contributed by atoms with Gasteiger partial charge in [-0.25, -0.2) is 0 Å². The fourth-order valence-electron chi connectivity index (χ4n) is 8.41. The van der Waals surface area contributed by atoms with E-state index in [1.807, 2.05) is 67.5 Å². The van der Waals surface area contributed by atoms with E-state index < -0.39 is 0 Å². The van der Waals surface area contributed by atoms with Gasteiger partial charge in [0, 0.05) is 24.3 Å². The van der Waals surface area contributed by atoms with Crippen molar-refractivity contribution in [3.8, 4) is 0 Å². The molecule has 0 amide bonds. The van der Waals surface area contributed by atoms with Gasteiger partial charge in [-0.05, 0) is 73.8 Å². The second kappa shape index (κ2) is 17.8. The van der Waals surface area contributed by atoms with Gasteiger partial charge in [0.05, 0.1) is 5.92 Å². The van der Waals surface area contributed by atoms with Crippen LogP contribution in [0.4, 0.5) is 0 Å². The molecule has 0 saturated carbocycles. The monoisotopic (exact) mass is 670 g/mol. The van der Waals surface area contributed by atoms with Gasteiger partial charge in [-0.15, -0.1) is 0 Å². The van der Waals surface area contributed by atoms with Crippen molar-refractivity contribution in [2.24, 2.45) is 10.8 Å². The molecule has 0 N–H and O–H groups in total. The molecule has 4 aromatic rings. The summed E-state index contributed by atoms with van der Waals surface area (Å²) < 4.78 is 0. The number of allylic oxidation sites excluding steroid dienone is 2. The van der Waals surface area contributed by atoms with Crippen LogP contribution in [0, 0.1) is 10.8 Å². The van der Waals surface area contributed by atoms with E-state index in [1.165, 1.54) is 44.5 Å². The Morgan fingerprint density at radius 2 is 0.980 bits per heavy atom. The van der Waals surface area contributed by atoms with Gasteiger partial charge in [0.2, 0.25) is 0 Å². The van der Waals surface area contributed by atoms with Gasteiger partial charge in [0.15, 0.2) is 5.78 Å². The van der Waals surface area contributed by atoms with Crippen molar-refractivity contribution < 1.29 is 9.59 Å². The lowest BCUT2D eigenvalue weighted by Gasteiger charge is -2.47. The summed E-state index contributed by atoms with van der Waals surface area (Å²) >= 11 is 0. The van der Waals surface area contributed by atoms with Gasteiger partial charge in [-0.1, -0.05) is 180 Å². The topological polar surface area (TPSA) is 34.1 Å². The molecular formula is C48H62O2. The molecular weight excluding hydrogens is 609 g/mol. The average molecular weight is 671 g/mol. The molecule has 50 heavy (non-hydrogen) atoms. The van der Waals surface area contributed by atoms with E-state index in [4.69, 9.17) is 0 Å². The van der Waals surface area contributed by atoms with Crippen molar-refractivity contribution in [3.05, 3.63) is 142 Å². The zero-order chi connectivity index (χ0) is 37.2.